The van der Waals surface area contributed by atoms with Gasteiger partial charge in [0.15, 0.2) is 12.4 Å². The van der Waals surface area contributed by atoms with Gasteiger partial charge in [-0.2, -0.15) is 0 Å². The van der Waals surface area contributed by atoms with Crippen LogP contribution in [0.4, 0.5) is 5.69 Å². The van der Waals surface area contributed by atoms with E-state index in [1.807, 2.05) is 18.2 Å². The summed E-state index contributed by atoms with van der Waals surface area (Å²) in [5.74, 6) is 0.209. The quantitative estimate of drug-likeness (QED) is 0.478. The topological polar surface area (TPSA) is 75.6 Å². The van der Waals surface area contributed by atoms with Gasteiger partial charge in [0.2, 0.25) is 0 Å². The highest BCUT2D eigenvalue weighted by Crippen LogP contribution is 2.15. The number of aromatic hydroxyl groups is 1. The molecule has 0 radical (unpaired) electrons. The van der Waals surface area contributed by atoms with E-state index in [1.165, 1.54) is 6.08 Å². The van der Waals surface area contributed by atoms with Crippen molar-refractivity contribution in [3.05, 3.63) is 96.1 Å². The van der Waals surface area contributed by atoms with Crippen LogP contribution in [-0.4, -0.2) is 23.4 Å². The van der Waals surface area contributed by atoms with Crippen molar-refractivity contribution in [3.63, 3.8) is 0 Å². The fraction of sp³-hybridized carbons (Fsp3) is 0.0435. The monoisotopic (exact) mass is 373 g/mol. The van der Waals surface area contributed by atoms with Crippen molar-refractivity contribution in [2.24, 2.45) is 0 Å². The number of hydrogen-bond acceptors (Lipinski definition) is 4. The highest BCUT2D eigenvalue weighted by Gasteiger charge is 2.05. The molecule has 5 nitrogen and oxygen atoms in total. The molecular formula is C23H19NO4. The fourth-order valence-electron chi connectivity index (χ4n) is 2.48. The van der Waals surface area contributed by atoms with Gasteiger partial charge in [0.25, 0.3) is 5.91 Å². The first kappa shape index (κ1) is 18.9. The largest absolute Gasteiger partial charge is 0.508 e. The van der Waals surface area contributed by atoms with Crippen LogP contribution in [0.1, 0.15) is 15.9 Å². The predicted molar refractivity (Wildman–Crippen MR) is 108 cm³/mol. The molecule has 0 unspecified atom stereocenters. The standard InChI is InChI=1S/C23H19NO4/c25-20-8-4-5-17(15-20)9-14-22(26)18-10-12-21(13-11-18)28-16-23(27)24-19-6-2-1-3-7-19/h1-15,25H,16H2,(H,24,27). The molecule has 0 aromatic heterocycles. The summed E-state index contributed by atoms with van der Waals surface area (Å²) in [6.45, 7) is -0.125. The second-order valence-corrected chi connectivity index (χ2v) is 6.02. The maximum Gasteiger partial charge on any atom is 0.262 e. The molecule has 5 heteroatoms. The van der Waals surface area contributed by atoms with Gasteiger partial charge < -0.3 is 15.2 Å². The summed E-state index contributed by atoms with van der Waals surface area (Å²) in [5, 5.41) is 12.2. The van der Waals surface area contributed by atoms with Crippen molar-refractivity contribution in [1.82, 2.24) is 0 Å². The van der Waals surface area contributed by atoms with E-state index in [0.717, 1.165) is 5.56 Å². The number of carbonyl (C=O) groups is 2. The lowest BCUT2D eigenvalue weighted by atomic mass is 10.1. The average molecular weight is 373 g/mol. The zero-order valence-corrected chi connectivity index (χ0v) is 15.0. The highest BCUT2D eigenvalue weighted by atomic mass is 16.5. The van der Waals surface area contributed by atoms with Crippen molar-refractivity contribution < 1.29 is 19.4 Å². The number of para-hydroxylation sites is 1. The Balaban J connectivity index is 1.52. The predicted octanol–water partition coefficient (Wildman–Crippen LogP) is 4.31. The first-order chi connectivity index (χ1) is 13.6. The average Bonchev–Trinajstić information content (AvgIpc) is 2.72. The second kappa shape index (κ2) is 9.19. The fourth-order valence-corrected chi connectivity index (χ4v) is 2.48. The van der Waals surface area contributed by atoms with Gasteiger partial charge in [-0.15, -0.1) is 0 Å². The summed E-state index contributed by atoms with van der Waals surface area (Å²) < 4.78 is 5.45. The van der Waals surface area contributed by atoms with E-state index in [0.29, 0.717) is 17.0 Å². The lowest BCUT2D eigenvalue weighted by Crippen LogP contribution is -2.20. The molecule has 140 valence electrons. The van der Waals surface area contributed by atoms with Crippen LogP contribution in [-0.2, 0) is 4.79 Å². The van der Waals surface area contributed by atoms with Gasteiger partial charge in [-0.1, -0.05) is 36.4 Å². The van der Waals surface area contributed by atoms with Gasteiger partial charge in [0.1, 0.15) is 11.5 Å². The normalized spacial score (nSPS) is 10.6. The number of benzene rings is 3. The summed E-state index contributed by atoms with van der Waals surface area (Å²) in [7, 11) is 0. The number of allylic oxidation sites excluding steroid dienone is 1. The molecule has 1 amide bonds. The Kier molecular flexibility index (Phi) is 6.21. The van der Waals surface area contributed by atoms with Crippen molar-refractivity contribution in [2.75, 3.05) is 11.9 Å². The molecule has 28 heavy (non-hydrogen) atoms. The number of nitrogens with one attached hydrogen (secondary N) is 1. The zero-order valence-electron chi connectivity index (χ0n) is 15.0. The molecule has 3 aromatic rings. The van der Waals surface area contributed by atoms with Crippen LogP contribution >= 0.6 is 0 Å². The Morgan fingerprint density at radius 2 is 1.68 bits per heavy atom. The molecular weight excluding hydrogens is 354 g/mol. The Hall–Kier alpha value is -3.86. The van der Waals surface area contributed by atoms with Crippen LogP contribution in [0, 0.1) is 0 Å². The van der Waals surface area contributed by atoms with E-state index in [4.69, 9.17) is 4.74 Å². The molecule has 0 aliphatic heterocycles. The minimum Gasteiger partial charge on any atom is -0.508 e. The molecule has 0 saturated carbocycles. The smallest absolute Gasteiger partial charge is 0.262 e. The van der Waals surface area contributed by atoms with Crippen LogP contribution in [0.5, 0.6) is 11.5 Å². The molecule has 0 bridgehead atoms. The van der Waals surface area contributed by atoms with Crippen LogP contribution < -0.4 is 10.1 Å². The molecule has 3 aromatic carbocycles. The third-order valence-corrected chi connectivity index (χ3v) is 3.86. The zero-order chi connectivity index (χ0) is 19.8. The molecule has 0 saturated heterocycles. The maximum atomic E-state index is 12.2. The molecule has 0 spiro atoms. The third kappa shape index (κ3) is 5.57. The number of amides is 1. The van der Waals surface area contributed by atoms with E-state index < -0.39 is 0 Å². The minimum atomic E-state index is -0.264. The van der Waals surface area contributed by atoms with Gasteiger partial charge in [-0.25, -0.2) is 0 Å². The molecule has 0 aliphatic carbocycles. The minimum absolute atomic E-state index is 0.125. The van der Waals surface area contributed by atoms with E-state index in [9.17, 15) is 14.7 Å². The van der Waals surface area contributed by atoms with Gasteiger partial charge in [-0.05, 0) is 60.2 Å². The van der Waals surface area contributed by atoms with Crippen molar-refractivity contribution in [2.45, 2.75) is 0 Å². The molecule has 2 N–H and O–H groups in total. The van der Waals surface area contributed by atoms with E-state index >= 15 is 0 Å². The number of phenolic OH excluding ortho intramolecular Hbond substituents is 1. The van der Waals surface area contributed by atoms with Crippen LogP contribution in [0.15, 0.2) is 84.9 Å². The van der Waals surface area contributed by atoms with Gasteiger partial charge in [0.05, 0.1) is 0 Å². The number of ether oxygens (including phenoxy) is 1. The maximum absolute atomic E-state index is 12.2. The molecule has 0 aliphatic rings. The van der Waals surface area contributed by atoms with E-state index in [2.05, 4.69) is 5.32 Å². The first-order valence-electron chi connectivity index (χ1n) is 8.69. The number of ketones is 1. The van der Waals surface area contributed by atoms with Crippen LogP contribution in [0.2, 0.25) is 0 Å². The number of anilines is 1. The molecule has 0 atom stereocenters. The Morgan fingerprint density at radius 1 is 0.929 bits per heavy atom. The number of phenols is 1. The number of hydrogen-bond donors (Lipinski definition) is 2. The summed E-state index contributed by atoms with van der Waals surface area (Å²) in [5.41, 5.74) is 1.94. The SMILES string of the molecule is O=C(COc1ccc(C(=O)C=Cc2cccc(O)c2)cc1)Nc1ccccc1. The van der Waals surface area contributed by atoms with E-state index in [-0.39, 0.29) is 24.0 Å². The lowest BCUT2D eigenvalue weighted by molar-refractivity contribution is -0.118. The van der Waals surface area contributed by atoms with E-state index in [1.54, 1.807) is 66.7 Å². The summed E-state index contributed by atoms with van der Waals surface area (Å²) in [6, 6.07) is 22.3. The van der Waals surface area contributed by atoms with Gasteiger partial charge >= 0.3 is 0 Å². The van der Waals surface area contributed by atoms with Crippen LogP contribution in [0.25, 0.3) is 6.08 Å². The van der Waals surface area contributed by atoms with Gasteiger partial charge in [-0.3, -0.25) is 9.59 Å². The molecule has 3 rings (SSSR count). The molecule has 0 fully saturated rings. The van der Waals surface area contributed by atoms with Crippen LogP contribution in [0.3, 0.4) is 0 Å². The van der Waals surface area contributed by atoms with Crippen molar-refractivity contribution >= 4 is 23.5 Å². The molecule has 0 heterocycles. The second-order valence-electron chi connectivity index (χ2n) is 6.02. The first-order valence-corrected chi connectivity index (χ1v) is 8.69. The summed E-state index contributed by atoms with van der Waals surface area (Å²) >= 11 is 0. The Labute approximate surface area is 162 Å². The number of rotatable bonds is 7. The van der Waals surface area contributed by atoms with Crippen molar-refractivity contribution in [1.29, 1.82) is 0 Å². The summed E-state index contributed by atoms with van der Waals surface area (Å²) in [6.07, 6.45) is 3.08. The highest BCUT2D eigenvalue weighted by molar-refractivity contribution is 6.06. The Morgan fingerprint density at radius 3 is 2.39 bits per heavy atom. The third-order valence-electron chi connectivity index (χ3n) is 3.86. The van der Waals surface area contributed by atoms with Gasteiger partial charge in [0, 0.05) is 11.3 Å². The Bertz CT molecular complexity index is 979. The number of carbonyl (C=O) groups excluding carboxylic acids is 2. The van der Waals surface area contributed by atoms with Crippen molar-refractivity contribution in [3.8, 4) is 11.5 Å². The lowest BCUT2D eigenvalue weighted by Gasteiger charge is -2.07. The summed E-state index contributed by atoms with van der Waals surface area (Å²) in [4.78, 5) is 24.1.